The number of para-hydroxylation sites is 1. The van der Waals surface area contributed by atoms with Gasteiger partial charge in [-0.25, -0.2) is 4.98 Å². The van der Waals surface area contributed by atoms with Crippen LogP contribution < -0.4 is 15.4 Å². The molecule has 2 unspecified atom stereocenters. The van der Waals surface area contributed by atoms with Crippen LogP contribution >= 0.6 is 11.3 Å². The van der Waals surface area contributed by atoms with Gasteiger partial charge in [0.25, 0.3) is 0 Å². The Morgan fingerprint density at radius 3 is 2.81 bits per heavy atom. The molecule has 1 fully saturated rings. The number of thiazole rings is 1. The quantitative estimate of drug-likeness (QED) is 0.577. The number of alkyl halides is 3. The second-order valence-corrected chi connectivity index (χ2v) is 7.35. The molecule has 9 heteroatoms. The topological polar surface area (TPSA) is 58.5 Å². The molecule has 1 heterocycles. The predicted molar refractivity (Wildman–Crippen MR) is 99.3 cm³/mol. The van der Waals surface area contributed by atoms with E-state index in [9.17, 15) is 13.2 Å². The third kappa shape index (κ3) is 5.59. The van der Waals surface area contributed by atoms with E-state index in [0.29, 0.717) is 18.1 Å². The SMILES string of the molecule is CN=C(NCCc1csc(C)n1)NC1CC1c1ccccc1OC(F)(F)F. The molecule has 0 aliphatic heterocycles. The van der Waals surface area contributed by atoms with Crippen LogP contribution in [0.3, 0.4) is 0 Å². The first kappa shape index (κ1) is 19.5. The number of hydrogen-bond donors (Lipinski definition) is 2. The summed E-state index contributed by atoms with van der Waals surface area (Å²) in [6.45, 7) is 2.64. The zero-order valence-corrected chi connectivity index (χ0v) is 15.8. The van der Waals surface area contributed by atoms with Crippen LogP contribution in [0.5, 0.6) is 5.75 Å². The molecular formula is C18H21F3N4OS. The van der Waals surface area contributed by atoms with Gasteiger partial charge >= 0.3 is 6.36 Å². The highest BCUT2D eigenvalue weighted by Crippen LogP contribution is 2.45. The number of hydrogen-bond acceptors (Lipinski definition) is 4. The summed E-state index contributed by atoms with van der Waals surface area (Å²) < 4.78 is 41.9. The molecule has 0 amide bonds. The molecule has 3 rings (SSSR count). The summed E-state index contributed by atoms with van der Waals surface area (Å²) in [5, 5.41) is 9.54. The molecule has 2 N–H and O–H groups in total. The lowest BCUT2D eigenvalue weighted by Crippen LogP contribution is -2.40. The van der Waals surface area contributed by atoms with Crippen molar-refractivity contribution in [3.05, 3.63) is 45.9 Å². The molecule has 0 radical (unpaired) electrons. The highest BCUT2D eigenvalue weighted by molar-refractivity contribution is 7.09. The first-order valence-corrected chi connectivity index (χ1v) is 9.46. The van der Waals surface area contributed by atoms with Gasteiger partial charge in [-0.1, -0.05) is 18.2 Å². The van der Waals surface area contributed by atoms with E-state index in [1.165, 1.54) is 12.1 Å². The number of rotatable bonds is 6. The Kier molecular flexibility index (Phi) is 5.88. The maximum Gasteiger partial charge on any atom is 0.573 e. The lowest BCUT2D eigenvalue weighted by molar-refractivity contribution is -0.274. The fraction of sp³-hybridized carbons (Fsp3) is 0.444. The average molecular weight is 398 g/mol. The minimum Gasteiger partial charge on any atom is -0.405 e. The highest BCUT2D eigenvalue weighted by Gasteiger charge is 2.42. The molecule has 1 aromatic heterocycles. The van der Waals surface area contributed by atoms with E-state index in [2.05, 4.69) is 25.3 Å². The van der Waals surface area contributed by atoms with E-state index >= 15 is 0 Å². The average Bonchev–Trinajstić information content (AvgIpc) is 3.24. The van der Waals surface area contributed by atoms with Gasteiger partial charge in [-0.05, 0) is 25.0 Å². The molecule has 5 nitrogen and oxygen atoms in total. The fourth-order valence-electron chi connectivity index (χ4n) is 2.91. The number of halogens is 3. The van der Waals surface area contributed by atoms with Gasteiger partial charge in [0, 0.05) is 37.4 Å². The van der Waals surface area contributed by atoms with Crippen LogP contribution in [0.4, 0.5) is 13.2 Å². The number of ether oxygens (including phenoxy) is 1. The summed E-state index contributed by atoms with van der Waals surface area (Å²) in [7, 11) is 1.67. The monoisotopic (exact) mass is 398 g/mol. The van der Waals surface area contributed by atoms with Crippen LogP contribution in [0.25, 0.3) is 0 Å². The smallest absolute Gasteiger partial charge is 0.405 e. The van der Waals surface area contributed by atoms with E-state index in [1.54, 1.807) is 30.5 Å². The minimum atomic E-state index is -4.69. The van der Waals surface area contributed by atoms with Gasteiger partial charge in [0.1, 0.15) is 5.75 Å². The molecular weight excluding hydrogens is 377 g/mol. The summed E-state index contributed by atoms with van der Waals surface area (Å²) >= 11 is 1.62. The largest absolute Gasteiger partial charge is 0.573 e. The van der Waals surface area contributed by atoms with Gasteiger partial charge in [-0.2, -0.15) is 0 Å². The summed E-state index contributed by atoms with van der Waals surface area (Å²) in [5.74, 6) is 0.452. The van der Waals surface area contributed by atoms with Crippen molar-refractivity contribution in [1.29, 1.82) is 0 Å². The Labute approximate surface area is 159 Å². The van der Waals surface area contributed by atoms with E-state index in [4.69, 9.17) is 0 Å². The van der Waals surface area contributed by atoms with Gasteiger partial charge in [0.05, 0.1) is 10.7 Å². The molecule has 27 heavy (non-hydrogen) atoms. The highest BCUT2D eigenvalue weighted by atomic mass is 32.1. The van der Waals surface area contributed by atoms with Crippen LogP contribution in [0.1, 0.15) is 28.6 Å². The number of aromatic nitrogens is 1. The van der Waals surface area contributed by atoms with Crippen LogP contribution in [0.2, 0.25) is 0 Å². The van der Waals surface area contributed by atoms with Gasteiger partial charge < -0.3 is 15.4 Å². The number of nitrogens with one attached hydrogen (secondary N) is 2. The van der Waals surface area contributed by atoms with E-state index in [-0.39, 0.29) is 17.7 Å². The third-order valence-corrected chi connectivity index (χ3v) is 5.04. The number of aliphatic imine (C=N–C) groups is 1. The Morgan fingerprint density at radius 2 is 2.15 bits per heavy atom. The van der Waals surface area contributed by atoms with Crippen LogP contribution in [0.15, 0.2) is 34.6 Å². The molecule has 2 atom stereocenters. The van der Waals surface area contributed by atoms with Crippen LogP contribution in [0, 0.1) is 6.92 Å². The van der Waals surface area contributed by atoms with Crippen molar-refractivity contribution < 1.29 is 17.9 Å². The molecule has 0 bridgehead atoms. The molecule has 0 saturated heterocycles. The van der Waals surface area contributed by atoms with E-state index in [1.807, 2.05) is 12.3 Å². The van der Waals surface area contributed by atoms with Crippen molar-refractivity contribution in [3.8, 4) is 5.75 Å². The van der Waals surface area contributed by atoms with Crippen molar-refractivity contribution in [1.82, 2.24) is 15.6 Å². The lowest BCUT2D eigenvalue weighted by atomic mass is 10.1. The molecule has 2 aromatic rings. The standard InChI is InChI=1S/C18H21F3N4OS/c1-11-24-12(10-27-11)7-8-23-17(22-2)25-15-9-14(15)13-5-3-4-6-16(13)26-18(19,20)21/h3-6,10,14-15H,7-9H2,1-2H3,(H2,22,23,25). The molecule has 1 aromatic carbocycles. The fourth-order valence-corrected chi connectivity index (χ4v) is 3.55. The summed E-state index contributed by atoms with van der Waals surface area (Å²) in [6.07, 6.45) is -3.19. The summed E-state index contributed by atoms with van der Waals surface area (Å²) in [5.41, 5.74) is 1.59. The molecule has 0 spiro atoms. The zero-order valence-electron chi connectivity index (χ0n) is 15.0. The van der Waals surface area contributed by atoms with E-state index < -0.39 is 6.36 Å². The van der Waals surface area contributed by atoms with Gasteiger partial charge in [-0.15, -0.1) is 24.5 Å². The first-order chi connectivity index (χ1) is 12.9. The second-order valence-electron chi connectivity index (χ2n) is 6.29. The third-order valence-electron chi connectivity index (χ3n) is 4.22. The predicted octanol–water partition coefficient (Wildman–Crippen LogP) is 3.61. The van der Waals surface area contributed by atoms with Crippen LogP contribution in [-0.2, 0) is 6.42 Å². The van der Waals surface area contributed by atoms with Crippen LogP contribution in [-0.4, -0.2) is 36.9 Å². The van der Waals surface area contributed by atoms with E-state index in [0.717, 1.165) is 23.5 Å². The second kappa shape index (κ2) is 8.16. The molecule has 1 aliphatic carbocycles. The first-order valence-electron chi connectivity index (χ1n) is 8.58. The summed E-state index contributed by atoms with van der Waals surface area (Å²) in [6, 6.07) is 6.30. The number of aryl methyl sites for hydroxylation is 1. The lowest BCUT2D eigenvalue weighted by Gasteiger charge is -2.14. The Bertz CT molecular complexity index is 806. The van der Waals surface area contributed by atoms with Crippen molar-refractivity contribution in [3.63, 3.8) is 0 Å². The minimum absolute atomic E-state index is 0.0238. The van der Waals surface area contributed by atoms with Crippen molar-refractivity contribution in [2.24, 2.45) is 4.99 Å². The Hall–Kier alpha value is -2.29. The molecule has 1 aliphatic rings. The van der Waals surface area contributed by atoms with Crippen molar-refractivity contribution >= 4 is 17.3 Å². The Morgan fingerprint density at radius 1 is 1.37 bits per heavy atom. The maximum atomic E-state index is 12.6. The van der Waals surface area contributed by atoms with Gasteiger partial charge in [0.2, 0.25) is 0 Å². The molecule has 146 valence electrons. The number of guanidine groups is 1. The van der Waals surface area contributed by atoms with Crippen molar-refractivity contribution in [2.75, 3.05) is 13.6 Å². The van der Waals surface area contributed by atoms with Gasteiger partial charge in [-0.3, -0.25) is 4.99 Å². The maximum absolute atomic E-state index is 12.6. The summed E-state index contributed by atoms with van der Waals surface area (Å²) in [4.78, 5) is 8.59. The van der Waals surface area contributed by atoms with Gasteiger partial charge in [0.15, 0.2) is 5.96 Å². The zero-order chi connectivity index (χ0) is 19.4. The number of benzene rings is 1. The van der Waals surface area contributed by atoms with Crippen molar-refractivity contribution in [2.45, 2.75) is 38.1 Å². The molecule has 1 saturated carbocycles. The Balaban J connectivity index is 1.52. The normalized spacial score (nSPS) is 19.7. The number of nitrogens with zero attached hydrogens (tertiary/aromatic N) is 2.